The number of hydrogen-bond acceptors (Lipinski definition) is 4. The molecule has 0 bridgehead atoms. The minimum Gasteiger partial charge on any atom is -0.380 e. The summed E-state index contributed by atoms with van der Waals surface area (Å²) in [5.74, 6) is 1.49. The fourth-order valence-corrected chi connectivity index (χ4v) is 2.92. The van der Waals surface area contributed by atoms with Crippen molar-refractivity contribution >= 4 is 29.9 Å². The van der Waals surface area contributed by atoms with E-state index in [-0.39, 0.29) is 24.0 Å². The number of ether oxygens (including phenoxy) is 2. The van der Waals surface area contributed by atoms with Gasteiger partial charge in [-0.15, -0.1) is 24.0 Å². The quantitative estimate of drug-likeness (QED) is 0.222. The second kappa shape index (κ2) is 15.0. The summed E-state index contributed by atoms with van der Waals surface area (Å²) in [6.45, 7) is 12.1. The maximum atomic E-state index is 5.63. The molecule has 0 spiro atoms. The third-order valence-electron chi connectivity index (χ3n) is 4.56. The highest BCUT2D eigenvalue weighted by molar-refractivity contribution is 14.0. The molecule has 7 heteroatoms. The molecule has 28 heavy (non-hydrogen) atoms. The third-order valence-corrected chi connectivity index (χ3v) is 4.56. The molecule has 2 N–H and O–H groups in total. The first-order chi connectivity index (χ1) is 13.2. The first kappa shape index (κ1) is 25.1. The van der Waals surface area contributed by atoms with E-state index < -0.39 is 0 Å². The average Bonchev–Trinajstić information content (AvgIpc) is 2.68. The molecule has 0 amide bonds. The minimum atomic E-state index is 0. The smallest absolute Gasteiger partial charge is 0.191 e. The van der Waals surface area contributed by atoms with Crippen LogP contribution in [0.25, 0.3) is 0 Å². The normalized spacial score (nSPS) is 15.4. The number of nitrogens with zero attached hydrogens (tertiary/aromatic N) is 2. The van der Waals surface area contributed by atoms with Gasteiger partial charge in [0.25, 0.3) is 0 Å². The molecule has 160 valence electrons. The van der Waals surface area contributed by atoms with E-state index in [4.69, 9.17) is 9.47 Å². The Morgan fingerprint density at radius 1 is 1.18 bits per heavy atom. The van der Waals surface area contributed by atoms with Crippen LogP contribution in [0.5, 0.6) is 0 Å². The maximum absolute atomic E-state index is 5.63. The summed E-state index contributed by atoms with van der Waals surface area (Å²) in [5.41, 5.74) is 2.61. The van der Waals surface area contributed by atoms with Crippen molar-refractivity contribution in [3.8, 4) is 0 Å². The molecule has 0 radical (unpaired) electrons. The van der Waals surface area contributed by atoms with E-state index in [1.54, 1.807) is 7.05 Å². The Morgan fingerprint density at radius 3 is 2.64 bits per heavy atom. The van der Waals surface area contributed by atoms with Crippen LogP contribution in [-0.4, -0.2) is 64.0 Å². The molecular formula is C21H37IN4O2. The van der Waals surface area contributed by atoms with Crippen molar-refractivity contribution in [3.05, 3.63) is 35.4 Å². The molecule has 0 saturated carbocycles. The van der Waals surface area contributed by atoms with E-state index in [0.717, 1.165) is 64.9 Å². The van der Waals surface area contributed by atoms with Crippen molar-refractivity contribution in [2.45, 2.75) is 33.4 Å². The first-order valence-corrected chi connectivity index (χ1v) is 10.1. The van der Waals surface area contributed by atoms with Crippen LogP contribution in [-0.2, 0) is 22.6 Å². The van der Waals surface area contributed by atoms with Gasteiger partial charge in [-0.2, -0.15) is 0 Å². The number of benzene rings is 1. The summed E-state index contributed by atoms with van der Waals surface area (Å²) in [6.07, 6.45) is 1.10. The zero-order chi connectivity index (χ0) is 19.3. The zero-order valence-corrected chi connectivity index (χ0v) is 19.9. The highest BCUT2D eigenvalue weighted by atomic mass is 127. The van der Waals surface area contributed by atoms with Crippen molar-refractivity contribution in [1.82, 2.24) is 15.5 Å². The number of guanidine groups is 1. The Labute approximate surface area is 187 Å². The molecule has 1 aromatic carbocycles. The van der Waals surface area contributed by atoms with Gasteiger partial charge in [-0.25, -0.2) is 0 Å². The number of nitrogens with one attached hydrogen (secondary N) is 2. The second-order valence-corrected chi connectivity index (χ2v) is 7.36. The van der Waals surface area contributed by atoms with Crippen LogP contribution in [0.2, 0.25) is 0 Å². The van der Waals surface area contributed by atoms with Crippen LogP contribution in [0.3, 0.4) is 0 Å². The van der Waals surface area contributed by atoms with Gasteiger partial charge in [0.15, 0.2) is 5.96 Å². The summed E-state index contributed by atoms with van der Waals surface area (Å²) in [6, 6.07) is 8.75. The Hall–Kier alpha value is -0.900. The summed E-state index contributed by atoms with van der Waals surface area (Å²) in [5, 5.41) is 6.68. The summed E-state index contributed by atoms with van der Waals surface area (Å²) in [7, 11) is 1.80. The van der Waals surface area contributed by atoms with E-state index in [1.165, 1.54) is 11.1 Å². The summed E-state index contributed by atoms with van der Waals surface area (Å²) < 4.78 is 11.1. The SMILES string of the molecule is CN=C(NCCOCCC(C)C)NCc1cccc(CN2CCOCC2)c1.I. The molecule has 0 aromatic heterocycles. The third kappa shape index (κ3) is 10.6. The molecule has 1 aliphatic rings. The molecule has 0 atom stereocenters. The predicted octanol–water partition coefficient (Wildman–Crippen LogP) is 2.86. The van der Waals surface area contributed by atoms with Crippen LogP contribution >= 0.6 is 24.0 Å². The molecule has 0 aliphatic carbocycles. The van der Waals surface area contributed by atoms with Crippen LogP contribution in [0.1, 0.15) is 31.4 Å². The average molecular weight is 504 g/mol. The van der Waals surface area contributed by atoms with Gasteiger partial charge in [-0.05, 0) is 23.5 Å². The van der Waals surface area contributed by atoms with E-state index in [2.05, 4.69) is 58.6 Å². The lowest BCUT2D eigenvalue weighted by Crippen LogP contribution is -2.38. The molecule has 1 aromatic rings. The van der Waals surface area contributed by atoms with Gasteiger partial charge in [0.05, 0.1) is 19.8 Å². The lowest BCUT2D eigenvalue weighted by Gasteiger charge is -2.26. The molecule has 6 nitrogen and oxygen atoms in total. The van der Waals surface area contributed by atoms with Gasteiger partial charge in [-0.1, -0.05) is 38.1 Å². The Kier molecular flexibility index (Phi) is 13.5. The topological polar surface area (TPSA) is 58.1 Å². The highest BCUT2D eigenvalue weighted by Crippen LogP contribution is 2.10. The van der Waals surface area contributed by atoms with Gasteiger partial charge < -0.3 is 20.1 Å². The molecular weight excluding hydrogens is 467 g/mol. The van der Waals surface area contributed by atoms with Crippen molar-refractivity contribution < 1.29 is 9.47 Å². The highest BCUT2D eigenvalue weighted by Gasteiger charge is 2.10. The van der Waals surface area contributed by atoms with Gasteiger partial charge in [0.1, 0.15) is 0 Å². The van der Waals surface area contributed by atoms with Crippen molar-refractivity contribution in [1.29, 1.82) is 0 Å². The Balaban J connectivity index is 0.00000392. The van der Waals surface area contributed by atoms with E-state index >= 15 is 0 Å². The molecule has 1 aliphatic heterocycles. The van der Waals surface area contributed by atoms with Crippen LogP contribution in [0.4, 0.5) is 0 Å². The lowest BCUT2D eigenvalue weighted by atomic mass is 10.1. The maximum Gasteiger partial charge on any atom is 0.191 e. The Bertz CT molecular complexity index is 563. The van der Waals surface area contributed by atoms with Crippen LogP contribution in [0.15, 0.2) is 29.3 Å². The monoisotopic (exact) mass is 504 g/mol. The fraction of sp³-hybridized carbons (Fsp3) is 0.667. The number of morpholine rings is 1. The van der Waals surface area contributed by atoms with E-state index in [9.17, 15) is 0 Å². The lowest BCUT2D eigenvalue weighted by molar-refractivity contribution is 0.0342. The zero-order valence-electron chi connectivity index (χ0n) is 17.6. The van der Waals surface area contributed by atoms with Gasteiger partial charge in [0.2, 0.25) is 0 Å². The summed E-state index contributed by atoms with van der Waals surface area (Å²) >= 11 is 0. The molecule has 0 unspecified atom stereocenters. The predicted molar refractivity (Wildman–Crippen MR) is 126 cm³/mol. The Morgan fingerprint density at radius 2 is 1.93 bits per heavy atom. The molecule has 1 saturated heterocycles. The minimum absolute atomic E-state index is 0. The van der Waals surface area contributed by atoms with Crippen molar-refractivity contribution in [2.24, 2.45) is 10.9 Å². The number of rotatable bonds is 10. The fourth-order valence-electron chi connectivity index (χ4n) is 2.92. The van der Waals surface area contributed by atoms with Crippen LogP contribution in [0, 0.1) is 5.92 Å². The largest absolute Gasteiger partial charge is 0.380 e. The number of halogens is 1. The second-order valence-electron chi connectivity index (χ2n) is 7.36. The van der Waals surface area contributed by atoms with Crippen molar-refractivity contribution in [3.63, 3.8) is 0 Å². The molecule has 1 heterocycles. The molecule has 1 fully saturated rings. The van der Waals surface area contributed by atoms with Gasteiger partial charge in [-0.3, -0.25) is 9.89 Å². The first-order valence-electron chi connectivity index (χ1n) is 10.1. The van der Waals surface area contributed by atoms with E-state index in [0.29, 0.717) is 12.5 Å². The van der Waals surface area contributed by atoms with Crippen LogP contribution < -0.4 is 10.6 Å². The molecule has 2 rings (SSSR count). The summed E-state index contributed by atoms with van der Waals surface area (Å²) in [4.78, 5) is 6.72. The van der Waals surface area contributed by atoms with Crippen molar-refractivity contribution in [2.75, 3.05) is 53.1 Å². The van der Waals surface area contributed by atoms with Gasteiger partial charge >= 0.3 is 0 Å². The van der Waals surface area contributed by atoms with Gasteiger partial charge in [0, 0.05) is 46.4 Å². The number of aliphatic imine (C=N–C) groups is 1. The van der Waals surface area contributed by atoms with E-state index in [1.807, 2.05) is 0 Å². The standard InChI is InChI=1S/C21H36N4O2.HI/c1-18(2)7-11-26-12-8-23-21(22-3)24-16-19-5-4-6-20(15-19)17-25-9-13-27-14-10-25;/h4-6,15,18H,7-14,16-17H2,1-3H3,(H2,22,23,24);1H. The number of hydrogen-bond donors (Lipinski definition) is 2.